The summed E-state index contributed by atoms with van der Waals surface area (Å²) >= 11 is 5.85. The minimum absolute atomic E-state index is 0.370. The summed E-state index contributed by atoms with van der Waals surface area (Å²) in [5.74, 6) is -1.77. The van der Waals surface area contributed by atoms with Gasteiger partial charge in [0.05, 0.1) is 18.1 Å². The fourth-order valence-corrected chi connectivity index (χ4v) is 3.51. The number of carbonyl (C=O) groups excluding carboxylic acids is 1. The number of aliphatic carboxylic acids is 1. The molecule has 27 heavy (non-hydrogen) atoms. The van der Waals surface area contributed by atoms with Gasteiger partial charge in [0, 0.05) is 10.7 Å². The smallest absolute Gasteiger partial charge is 0.310 e. The molecule has 1 amide bonds. The highest BCUT2D eigenvalue weighted by atomic mass is 35.5. The molecule has 2 heterocycles. The van der Waals surface area contributed by atoms with Gasteiger partial charge in [0.2, 0.25) is 5.91 Å². The zero-order chi connectivity index (χ0) is 19.0. The van der Waals surface area contributed by atoms with Gasteiger partial charge >= 0.3 is 5.97 Å². The third kappa shape index (κ3) is 3.54. The number of benzene rings is 2. The van der Waals surface area contributed by atoms with E-state index in [1.54, 1.807) is 60.7 Å². The molecule has 0 saturated carbocycles. The quantitative estimate of drug-likeness (QED) is 0.766. The maximum atomic E-state index is 12.6. The van der Waals surface area contributed by atoms with Crippen molar-refractivity contribution in [2.75, 3.05) is 5.32 Å². The highest BCUT2D eigenvalue weighted by Crippen LogP contribution is 2.40. The third-order valence-electron chi connectivity index (χ3n) is 4.66. The highest BCUT2D eigenvalue weighted by molar-refractivity contribution is 6.30. The highest BCUT2D eigenvalue weighted by Gasteiger charge is 2.53. The number of halogens is 1. The molecule has 2 aromatic rings. The number of carboxylic acid groups (broad SMARTS) is 1. The molecule has 2 bridgehead atoms. The summed E-state index contributed by atoms with van der Waals surface area (Å²) in [6.07, 6.45) is 2.41. The van der Waals surface area contributed by atoms with Gasteiger partial charge < -0.3 is 19.9 Å². The second-order valence-electron chi connectivity index (χ2n) is 6.41. The van der Waals surface area contributed by atoms with Crippen LogP contribution in [-0.2, 0) is 14.3 Å². The Hall–Kier alpha value is -2.83. The number of hydrogen-bond acceptors (Lipinski definition) is 4. The van der Waals surface area contributed by atoms with Crippen LogP contribution in [0.1, 0.15) is 0 Å². The van der Waals surface area contributed by atoms with Crippen molar-refractivity contribution in [1.82, 2.24) is 0 Å². The molecule has 0 aliphatic carbocycles. The van der Waals surface area contributed by atoms with Crippen LogP contribution in [0.3, 0.4) is 0 Å². The summed E-state index contributed by atoms with van der Waals surface area (Å²) < 4.78 is 11.2. The van der Waals surface area contributed by atoms with E-state index in [2.05, 4.69) is 5.32 Å². The van der Waals surface area contributed by atoms with Crippen molar-refractivity contribution < 1.29 is 24.2 Å². The van der Waals surface area contributed by atoms with Gasteiger partial charge in [0.25, 0.3) is 0 Å². The number of ether oxygens (including phenoxy) is 2. The first-order valence-electron chi connectivity index (χ1n) is 8.42. The van der Waals surface area contributed by atoms with E-state index in [0.29, 0.717) is 22.2 Å². The standard InChI is InChI=1S/C20H16ClNO5/c21-11-1-5-13(6-2-11)26-14-7-3-12(4-8-14)22-19(23)17-15-9-10-16(27-15)18(17)20(24)25/h1-10,15-18H,(H,22,23)(H,24,25)/t15-,16+,17-,18-/m0/s1. The fourth-order valence-electron chi connectivity index (χ4n) is 3.39. The van der Waals surface area contributed by atoms with Gasteiger partial charge in [0.15, 0.2) is 0 Å². The first kappa shape index (κ1) is 17.6. The lowest BCUT2D eigenvalue weighted by Gasteiger charge is -2.21. The van der Waals surface area contributed by atoms with Crippen LogP contribution in [-0.4, -0.2) is 29.2 Å². The largest absolute Gasteiger partial charge is 0.481 e. The normalized spacial score (nSPS) is 25.4. The average Bonchev–Trinajstić information content (AvgIpc) is 3.26. The van der Waals surface area contributed by atoms with Crippen molar-refractivity contribution in [1.29, 1.82) is 0 Å². The second kappa shape index (κ2) is 7.06. The molecule has 2 N–H and O–H groups in total. The summed E-state index contributed by atoms with van der Waals surface area (Å²) in [7, 11) is 0. The molecule has 0 spiro atoms. The Labute approximate surface area is 160 Å². The summed E-state index contributed by atoms with van der Waals surface area (Å²) in [4.78, 5) is 24.1. The number of nitrogens with one attached hydrogen (secondary N) is 1. The lowest BCUT2D eigenvalue weighted by atomic mass is 9.82. The Morgan fingerprint density at radius 3 is 2.07 bits per heavy atom. The zero-order valence-electron chi connectivity index (χ0n) is 14.0. The SMILES string of the molecule is O=C(Nc1ccc(Oc2ccc(Cl)cc2)cc1)[C@@H]1[C@@H](C(=O)O)[C@H]2C=C[C@@H]1O2. The second-order valence-corrected chi connectivity index (χ2v) is 6.85. The van der Waals surface area contributed by atoms with Gasteiger partial charge in [-0.2, -0.15) is 0 Å². The Morgan fingerprint density at radius 2 is 1.48 bits per heavy atom. The van der Waals surface area contributed by atoms with Crippen molar-refractivity contribution in [3.8, 4) is 11.5 Å². The molecule has 0 radical (unpaired) electrons. The maximum absolute atomic E-state index is 12.6. The van der Waals surface area contributed by atoms with Crippen LogP contribution in [0.4, 0.5) is 5.69 Å². The molecule has 2 aliphatic rings. The Bertz CT molecular complexity index is 894. The molecule has 0 aromatic heterocycles. The van der Waals surface area contributed by atoms with Gasteiger partial charge in [-0.05, 0) is 48.5 Å². The lowest BCUT2D eigenvalue weighted by molar-refractivity contribution is -0.145. The number of hydrogen-bond donors (Lipinski definition) is 2. The van der Waals surface area contributed by atoms with Crippen LogP contribution in [0.25, 0.3) is 0 Å². The van der Waals surface area contributed by atoms with E-state index in [4.69, 9.17) is 21.1 Å². The molecule has 138 valence electrons. The topological polar surface area (TPSA) is 84.9 Å². The van der Waals surface area contributed by atoms with Gasteiger partial charge in [-0.25, -0.2) is 0 Å². The predicted molar refractivity (Wildman–Crippen MR) is 99.0 cm³/mol. The van der Waals surface area contributed by atoms with Crippen LogP contribution in [0.15, 0.2) is 60.7 Å². The fraction of sp³-hybridized carbons (Fsp3) is 0.200. The molecule has 2 aromatic carbocycles. The lowest BCUT2D eigenvalue weighted by Crippen LogP contribution is -2.39. The molecule has 4 rings (SSSR count). The molecule has 1 fully saturated rings. The number of fused-ring (bicyclic) bond motifs is 2. The molecule has 6 nitrogen and oxygen atoms in total. The summed E-state index contributed by atoms with van der Waals surface area (Å²) in [6, 6.07) is 13.8. The molecule has 2 aliphatic heterocycles. The molecule has 0 unspecified atom stereocenters. The Morgan fingerprint density at radius 1 is 0.926 bits per heavy atom. The Balaban J connectivity index is 1.42. The zero-order valence-corrected chi connectivity index (χ0v) is 14.8. The van der Waals surface area contributed by atoms with E-state index >= 15 is 0 Å². The number of anilines is 1. The van der Waals surface area contributed by atoms with Crippen molar-refractivity contribution in [3.05, 3.63) is 65.7 Å². The minimum Gasteiger partial charge on any atom is -0.481 e. The molecule has 7 heteroatoms. The van der Waals surface area contributed by atoms with Gasteiger partial charge in [-0.3, -0.25) is 9.59 Å². The number of rotatable bonds is 5. The first-order valence-corrected chi connectivity index (χ1v) is 8.80. The van der Waals surface area contributed by atoms with Crippen molar-refractivity contribution in [2.24, 2.45) is 11.8 Å². The van der Waals surface area contributed by atoms with Crippen LogP contribution in [0.2, 0.25) is 5.02 Å². The Kier molecular flexibility index (Phi) is 4.59. The van der Waals surface area contributed by atoms with Gasteiger partial charge in [0.1, 0.15) is 17.4 Å². The van der Waals surface area contributed by atoms with Crippen LogP contribution in [0.5, 0.6) is 11.5 Å². The number of carbonyl (C=O) groups is 2. The summed E-state index contributed by atoms with van der Waals surface area (Å²) in [6.45, 7) is 0. The van der Waals surface area contributed by atoms with Crippen LogP contribution < -0.4 is 10.1 Å². The van der Waals surface area contributed by atoms with Gasteiger partial charge in [-0.1, -0.05) is 23.8 Å². The van der Waals surface area contributed by atoms with E-state index in [0.717, 1.165) is 0 Å². The molecular weight excluding hydrogens is 370 g/mol. The average molecular weight is 386 g/mol. The predicted octanol–water partition coefficient (Wildman–Crippen LogP) is 3.73. The number of carboxylic acids is 1. The van der Waals surface area contributed by atoms with Crippen molar-refractivity contribution in [3.63, 3.8) is 0 Å². The molecular formula is C20H16ClNO5. The maximum Gasteiger partial charge on any atom is 0.310 e. The summed E-state index contributed by atoms with van der Waals surface area (Å²) in [5, 5.41) is 12.8. The first-order chi connectivity index (χ1) is 13.0. The van der Waals surface area contributed by atoms with Crippen molar-refractivity contribution >= 4 is 29.2 Å². The number of amides is 1. The van der Waals surface area contributed by atoms with E-state index < -0.39 is 30.0 Å². The molecule has 4 atom stereocenters. The van der Waals surface area contributed by atoms with Crippen LogP contribution in [0, 0.1) is 11.8 Å². The van der Waals surface area contributed by atoms with E-state index in [1.165, 1.54) is 0 Å². The van der Waals surface area contributed by atoms with E-state index in [1.807, 2.05) is 0 Å². The van der Waals surface area contributed by atoms with Crippen molar-refractivity contribution in [2.45, 2.75) is 12.2 Å². The summed E-state index contributed by atoms with van der Waals surface area (Å²) in [5.41, 5.74) is 0.555. The van der Waals surface area contributed by atoms with E-state index in [-0.39, 0.29) is 5.91 Å². The minimum atomic E-state index is -1.03. The monoisotopic (exact) mass is 385 g/mol. The van der Waals surface area contributed by atoms with Gasteiger partial charge in [-0.15, -0.1) is 0 Å². The third-order valence-corrected chi connectivity index (χ3v) is 4.91. The van der Waals surface area contributed by atoms with Crippen LogP contribution >= 0.6 is 11.6 Å². The molecule has 1 saturated heterocycles. The van der Waals surface area contributed by atoms with E-state index in [9.17, 15) is 14.7 Å².